The summed E-state index contributed by atoms with van der Waals surface area (Å²) >= 11 is 5.71. The average molecular weight is 495 g/mol. The molecule has 174 valence electrons. The van der Waals surface area contributed by atoms with Gasteiger partial charge in [0.05, 0.1) is 0 Å². The fourth-order valence-electron chi connectivity index (χ4n) is 3.59. The van der Waals surface area contributed by atoms with E-state index >= 15 is 0 Å². The molecular weight excluding hydrogens is 467 g/mol. The van der Waals surface area contributed by atoms with Gasteiger partial charge in [0.15, 0.2) is 0 Å². The van der Waals surface area contributed by atoms with Crippen molar-refractivity contribution < 1.29 is 4.74 Å². The maximum absolute atomic E-state index is 5.71. The Bertz CT molecular complexity index is 1150. The van der Waals surface area contributed by atoms with Crippen molar-refractivity contribution in [1.82, 2.24) is 0 Å². The van der Waals surface area contributed by atoms with Gasteiger partial charge in [-0.25, -0.2) is 0 Å². The molecule has 0 spiro atoms. The molecule has 0 unspecified atom stereocenters. The lowest BCUT2D eigenvalue weighted by molar-refractivity contribution is 0.306. The molecule has 5 rings (SSSR count). The first-order valence-corrected chi connectivity index (χ1v) is 13.5. The van der Waals surface area contributed by atoms with Crippen molar-refractivity contribution in [2.75, 3.05) is 0 Å². The van der Waals surface area contributed by atoms with Crippen molar-refractivity contribution in [3.05, 3.63) is 157 Å². The molecule has 0 heterocycles. The first kappa shape index (κ1) is 24.7. The topological polar surface area (TPSA) is 9.23 Å². The number of hydrogen-bond donors (Lipinski definition) is 0. The predicted molar refractivity (Wildman–Crippen MR) is 152 cm³/mol. The van der Waals surface area contributed by atoms with Gasteiger partial charge < -0.3 is 4.74 Å². The lowest BCUT2D eigenvalue weighted by atomic mass is 10.2. The van der Waals surface area contributed by atoms with Gasteiger partial charge >= 0.3 is 0 Å². The van der Waals surface area contributed by atoms with E-state index in [-0.39, 0.29) is 0 Å². The van der Waals surface area contributed by atoms with Crippen LogP contribution >= 0.6 is 19.5 Å². The van der Waals surface area contributed by atoms with Crippen LogP contribution in [-0.4, -0.2) is 0 Å². The first-order chi connectivity index (χ1) is 17.3. The molecule has 0 saturated carbocycles. The Kier molecular flexibility index (Phi) is 9.54. The third-order valence-electron chi connectivity index (χ3n) is 5.37. The molecule has 0 radical (unpaired) electrons. The summed E-state index contributed by atoms with van der Waals surface area (Å²) in [5.74, 6) is 1.41. The van der Waals surface area contributed by atoms with Crippen molar-refractivity contribution in [3.63, 3.8) is 0 Å². The maximum Gasteiger partial charge on any atom is 0.119 e. The van der Waals surface area contributed by atoms with Crippen molar-refractivity contribution in [1.29, 1.82) is 0 Å². The Hall–Kier alpha value is -3.38. The lowest BCUT2D eigenvalue weighted by Crippen LogP contribution is -2.20. The van der Waals surface area contributed by atoms with Gasteiger partial charge in [-0.05, 0) is 47.1 Å². The summed E-state index contributed by atoms with van der Waals surface area (Å²) in [7, 11) is -0.446. The molecule has 35 heavy (non-hydrogen) atoms. The fourth-order valence-corrected chi connectivity index (χ4v) is 6.08. The Morgan fingerprint density at radius 3 is 1.26 bits per heavy atom. The van der Waals surface area contributed by atoms with E-state index in [9.17, 15) is 0 Å². The Balaban J connectivity index is 0.000000168. The van der Waals surface area contributed by atoms with Gasteiger partial charge in [0.2, 0.25) is 0 Å². The van der Waals surface area contributed by atoms with Gasteiger partial charge in [0, 0.05) is 5.88 Å². The van der Waals surface area contributed by atoms with E-state index in [4.69, 9.17) is 16.3 Å². The summed E-state index contributed by atoms with van der Waals surface area (Å²) < 4.78 is 5.65. The molecule has 5 aromatic rings. The summed E-state index contributed by atoms with van der Waals surface area (Å²) in [5, 5.41) is 4.19. The first-order valence-electron chi connectivity index (χ1n) is 11.6. The molecule has 0 bridgehead atoms. The van der Waals surface area contributed by atoms with Crippen LogP contribution in [0.3, 0.4) is 0 Å². The largest absolute Gasteiger partial charge is 0.489 e. The molecular formula is C32H28ClOP. The molecule has 1 nitrogen and oxygen atoms in total. The smallest absolute Gasteiger partial charge is 0.119 e. The van der Waals surface area contributed by atoms with Crippen molar-refractivity contribution in [2.45, 2.75) is 12.5 Å². The quantitative estimate of drug-likeness (QED) is 0.169. The number of halogens is 1. The third-order valence-corrected chi connectivity index (χ3v) is 8.12. The Labute approximate surface area is 214 Å². The molecule has 0 saturated heterocycles. The predicted octanol–water partition coefficient (Wildman–Crippen LogP) is 7.45. The SMILES string of the molecule is ClCc1ccc(OCc2ccccc2)cc1.c1ccc(P(c2ccccc2)c2ccccc2)cc1. The number of hydrogen-bond acceptors (Lipinski definition) is 1. The summed E-state index contributed by atoms with van der Waals surface area (Å²) in [5.41, 5.74) is 2.28. The second kappa shape index (κ2) is 13.5. The highest BCUT2D eigenvalue weighted by Gasteiger charge is 2.15. The number of rotatable bonds is 7. The third kappa shape index (κ3) is 7.55. The molecule has 5 aromatic carbocycles. The monoisotopic (exact) mass is 494 g/mol. The van der Waals surface area contributed by atoms with Gasteiger partial charge in [-0.3, -0.25) is 0 Å². The minimum atomic E-state index is -0.446. The molecule has 3 heteroatoms. The molecule has 0 amide bonds. The molecule has 0 N–H and O–H groups in total. The van der Waals surface area contributed by atoms with Gasteiger partial charge in [0.1, 0.15) is 12.4 Å². The second-order valence-corrected chi connectivity index (χ2v) is 10.4. The minimum absolute atomic E-state index is 0.446. The second-order valence-electron chi connectivity index (χ2n) is 7.89. The van der Waals surface area contributed by atoms with Crippen molar-refractivity contribution in [3.8, 4) is 5.75 Å². The van der Waals surface area contributed by atoms with E-state index in [1.54, 1.807) is 0 Å². The van der Waals surface area contributed by atoms with Gasteiger partial charge in [-0.15, -0.1) is 11.6 Å². The van der Waals surface area contributed by atoms with E-state index in [0.29, 0.717) is 12.5 Å². The average Bonchev–Trinajstić information content (AvgIpc) is 2.95. The number of benzene rings is 5. The maximum atomic E-state index is 5.71. The van der Waals surface area contributed by atoms with Crippen LogP contribution in [0.1, 0.15) is 11.1 Å². The number of ether oxygens (including phenoxy) is 1. The van der Waals surface area contributed by atoms with Crippen LogP contribution in [-0.2, 0) is 12.5 Å². The van der Waals surface area contributed by atoms with Crippen molar-refractivity contribution in [2.24, 2.45) is 0 Å². The molecule has 0 atom stereocenters. The van der Waals surface area contributed by atoms with Crippen LogP contribution in [0, 0.1) is 0 Å². The van der Waals surface area contributed by atoms with E-state index in [2.05, 4.69) is 91.0 Å². The summed E-state index contributed by atoms with van der Waals surface area (Å²) in [6, 6.07) is 50.3. The van der Waals surface area contributed by atoms with Gasteiger partial charge in [0.25, 0.3) is 0 Å². The zero-order chi connectivity index (χ0) is 24.1. The fraction of sp³-hybridized carbons (Fsp3) is 0.0625. The zero-order valence-corrected chi connectivity index (χ0v) is 21.2. The van der Waals surface area contributed by atoms with Crippen LogP contribution in [0.4, 0.5) is 0 Å². The highest BCUT2D eigenvalue weighted by Crippen LogP contribution is 2.32. The van der Waals surface area contributed by atoms with Crippen LogP contribution in [0.2, 0.25) is 0 Å². The normalized spacial score (nSPS) is 10.3. The van der Waals surface area contributed by atoms with E-state index in [1.807, 2.05) is 54.6 Å². The minimum Gasteiger partial charge on any atom is -0.489 e. The van der Waals surface area contributed by atoms with Crippen molar-refractivity contribution >= 4 is 35.4 Å². The van der Waals surface area contributed by atoms with Crippen LogP contribution in [0.25, 0.3) is 0 Å². The zero-order valence-electron chi connectivity index (χ0n) is 19.5. The molecule has 0 fully saturated rings. The highest BCUT2D eigenvalue weighted by atomic mass is 35.5. The van der Waals surface area contributed by atoms with Crippen LogP contribution in [0.15, 0.2) is 146 Å². The van der Waals surface area contributed by atoms with Crippen LogP contribution < -0.4 is 20.7 Å². The van der Waals surface area contributed by atoms with E-state index in [1.165, 1.54) is 21.5 Å². The molecule has 0 aliphatic heterocycles. The summed E-state index contributed by atoms with van der Waals surface area (Å²) in [4.78, 5) is 0. The Morgan fingerprint density at radius 1 is 0.457 bits per heavy atom. The summed E-state index contributed by atoms with van der Waals surface area (Å²) in [6.07, 6.45) is 0. The standard InChI is InChI=1S/C18H15P.C14H13ClO/c1-4-10-16(11-5-1)19(17-12-6-2-7-13-17)18-14-8-3-9-15-18;15-10-12-6-8-14(9-7-12)16-11-13-4-2-1-3-5-13/h1-15H;1-9H,10-11H2. The highest BCUT2D eigenvalue weighted by molar-refractivity contribution is 7.79. The van der Waals surface area contributed by atoms with Gasteiger partial charge in [-0.2, -0.15) is 0 Å². The molecule has 0 aliphatic carbocycles. The summed E-state index contributed by atoms with van der Waals surface area (Å²) in [6.45, 7) is 0.598. The lowest BCUT2D eigenvalue weighted by Gasteiger charge is -2.18. The Morgan fingerprint density at radius 2 is 0.857 bits per heavy atom. The van der Waals surface area contributed by atoms with Gasteiger partial charge in [-0.1, -0.05) is 133 Å². The van der Waals surface area contributed by atoms with E-state index < -0.39 is 7.92 Å². The van der Waals surface area contributed by atoms with Crippen LogP contribution in [0.5, 0.6) is 5.75 Å². The van der Waals surface area contributed by atoms with E-state index in [0.717, 1.165) is 11.3 Å². The number of alkyl halides is 1. The molecule has 0 aromatic heterocycles. The molecule has 0 aliphatic rings.